The van der Waals surface area contributed by atoms with Crippen LogP contribution in [0.15, 0.2) is 6.33 Å². The maximum Gasteiger partial charge on any atom is 0.315 e. The summed E-state index contributed by atoms with van der Waals surface area (Å²) in [6.07, 6.45) is 2.02. The van der Waals surface area contributed by atoms with E-state index in [1.807, 2.05) is 0 Å². The van der Waals surface area contributed by atoms with Gasteiger partial charge in [-0.25, -0.2) is 13.2 Å². The molecule has 2 heterocycles. The van der Waals surface area contributed by atoms with Gasteiger partial charge >= 0.3 is 6.03 Å². The van der Waals surface area contributed by atoms with Gasteiger partial charge in [-0.1, -0.05) is 0 Å². The third-order valence-electron chi connectivity index (χ3n) is 3.05. The highest BCUT2D eigenvalue weighted by Crippen LogP contribution is 2.12. The summed E-state index contributed by atoms with van der Waals surface area (Å²) < 4.78 is 24.3. The predicted octanol–water partition coefficient (Wildman–Crippen LogP) is -0.638. The van der Waals surface area contributed by atoms with Gasteiger partial charge < -0.3 is 15.2 Å². The van der Waals surface area contributed by atoms with Crippen molar-refractivity contribution in [1.29, 1.82) is 0 Å². The first-order valence-corrected chi connectivity index (χ1v) is 7.81. The second kappa shape index (κ2) is 5.16. The van der Waals surface area contributed by atoms with E-state index in [-0.39, 0.29) is 23.6 Å². The fourth-order valence-electron chi connectivity index (χ4n) is 2.08. The van der Waals surface area contributed by atoms with Crippen molar-refractivity contribution < 1.29 is 13.2 Å². The summed E-state index contributed by atoms with van der Waals surface area (Å²) >= 11 is 0. The van der Waals surface area contributed by atoms with Gasteiger partial charge in [0.25, 0.3) is 0 Å². The minimum atomic E-state index is -2.99. The molecule has 9 heteroatoms. The van der Waals surface area contributed by atoms with Gasteiger partial charge in [-0.05, 0) is 13.3 Å². The number of carbonyl (C=O) groups is 1. The number of nitrogens with one attached hydrogen (secondary N) is 2. The average Bonchev–Trinajstić information content (AvgIpc) is 2.84. The number of hydrogen-bond acceptors (Lipinski definition) is 5. The third kappa shape index (κ3) is 3.43. The molecule has 0 saturated carbocycles. The fourth-order valence-corrected chi connectivity index (χ4v) is 3.75. The lowest BCUT2D eigenvalue weighted by Crippen LogP contribution is -2.43. The van der Waals surface area contributed by atoms with Crippen LogP contribution in [0.2, 0.25) is 0 Å². The summed E-state index contributed by atoms with van der Waals surface area (Å²) in [5.41, 5.74) is 0. The lowest BCUT2D eigenvalue weighted by atomic mass is 10.2. The van der Waals surface area contributed by atoms with Gasteiger partial charge in [-0.2, -0.15) is 0 Å². The van der Waals surface area contributed by atoms with Gasteiger partial charge in [0, 0.05) is 13.1 Å². The molecule has 2 rings (SSSR count). The van der Waals surface area contributed by atoms with Crippen molar-refractivity contribution in [3.05, 3.63) is 12.2 Å². The van der Waals surface area contributed by atoms with Crippen molar-refractivity contribution in [2.45, 2.75) is 25.4 Å². The van der Waals surface area contributed by atoms with Crippen molar-refractivity contribution in [2.75, 3.05) is 11.5 Å². The van der Waals surface area contributed by atoms with Crippen LogP contribution in [0, 0.1) is 0 Å². The Kier molecular flexibility index (Phi) is 3.74. The number of hydrogen-bond donors (Lipinski definition) is 2. The Hall–Kier alpha value is -1.64. The molecule has 19 heavy (non-hydrogen) atoms. The van der Waals surface area contributed by atoms with E-state index in [0.717, 1.165) is 0 Å². The number of sulfone groups is 1. The first-order valence-electron chi connectivity index (χ1n) is 5.99. The molecule has 1 saturated heterocycles. The monoisotopic (exact) mass is 287 g/mol. The quantitative estimate of drug-likeness (QED) is 0.769. The first-order chi connectivity index (χ1) is 8.87. The fraction of sp³-hybridized carbons (Fsp3) is 0.700. The summed E-state index contributed by atoms with van der Waals surface area (Å²) in [5.74, 6) is 0.782. The molecule has 0 aromatic carbocycles. The van der Waals surface area contributed by atoms with Crippen LogP contribution in [0.3, 0.4) is 0 Å². The number of aromatic nitrogens is 3. The topological polar surface area (TPSA) is 106 Å². The Morgan fingerprint density at radius 1 is 1.58 bits per heavy atom. The zero-order valence-electron chi connectivity index (χ0n) is 10.8. The molecule has 1 aliphatic heterocycles. The van der Waals surface area contributed by atoms with Crippen LogP contribution in [0.4, 0.5) is 4.79 Å². The molecular formula is C10H17N5O3S. The van der Waals surface area contributed by atoms with E-state index >= 15 is 0 Å². The molecule has 1 fully saturated rings. The standard InChI is InChI=1S/C10H17N5O3S/c1-7(9-14-11-6-15(9)2)12-10(16)13-8-3-4-19(17,18)5-8/h6-8H,3-5H2,1-2H3,(H2,12,13,16). The second-order valence-electron chi connectivity index (χ2n) is 4.74. The molecule has 0 radical (unpaired) electrons. The minimum Gasteiger partial charge on any atom is -0.334 e. The number of amides is 2. The summed E-state index contributed by atoms with van der Waals surface area (Å²) in [6.45, 7) is 1.79. The third-order valence-corrected chi connectivity index (χ3v) is 4.82. The van der Waals surface area contributed by atoms with E-state index in [1.165, 1.54) is 0 Å². The van der Waals surface area contributed by atoms with E-state index in [1.54, 1.807) is 24.9 Å². The van der Waals surface area contributed by atoms with Crippen LogP contribution in [0.25, 0.3) is 0 Å². The van der Waals surface area contributed by atoms with Crippen LogP contribution < -0.4 is 10.6 Å². The molecule has 2 atom stereocenters. The second-order valence-corrected chi connectivity index (χ2v) is 6.97. The normalized spacial score (nSPS) is 22.9. The molecule has 0 aliphatic carbocycles. The van der Waals surface area contributed by atoms with Gasteiger partial charge in [0.1, 0.15) is 6.33 Å². The van der Waals surface area contributed by atoms with Gasteiger partial charge in [-0.15, -0.1) is 10.2 Å². The largest absolute Gasteiger partial charge is 0.334 e. The highest BCUT2D eigenvalue weighted by Gasteiger charge is 2.29. The van der Waals surface area contributed by atoms with E-state index in [4.69, 9.17) is 0 Å². The first kappa shape index (κ1) is 13.8. The Morgan fingerprint density at radius 3 is 2.84 bits per heavy atom. The zero-order chi connectivity index (χ0) is 14.0. The van der Waals surface area contributed by atoms with Crippen LogP contribution >= 0.6 is 0 Å². The molecule has 1 aliphatic rings. The van der Waals surface area contributed by atoms with Crippen LogP contribution in [0.5, 0.6) is 0 Å². The molecule has 0 spiro atoms. The van der Waals surface area contributed by atoms with Gasteiger partial charge in [0.2, 0.25) is 0 Å². The van der Waals surface area contributed by atoms with E-state index in [2.05, 4.69) is 20.8 Å². The molecular weight excluding hydrogens is 270 g/mol. The van der Waals surface area contributed by atoms with Crippen molar-refractivity contribution in [2.24, 2.45) is 7.05 Å². The van der Waals surface area contributed by atoms with Crippen LogP contribution in [-0.4, -0.2) is 46.8 Å². The Bertz CT molecular complexity index is 567. The Morgan fingerprint density at radius 2 is 2.32 bits per heavy atom. The Labute approximate surface area is 111 Å². The number of nitrogens with zero attached hydrogens (tertiary/aromatic N) is 3. The zero-order valence-corrected chi connectivity index (χ0v) is 11.6. The van der Waals surface area contributed by atoms with Crippen molar-refractivity contribution in [1.82, 2.24) is 25.4 Å². The highest BCUT2D eigenvalue weighted by molar-refractivity contribution is 7.91. The summed E-state index contributed by atoms with van der Waals surface area (Å²) in [5, 5.41) is 13.0. The van der Waals surface area contributed by atoms with Crippen LogP contribution in [-0.2, 0) is 16.9 Å². The maximum absolute atomic E-state index is 11.8. The van der Waals surface area contributed by atoms with E-state index in [0.29, 0.717) is 12.2 Å². The number of aryl methyl sites for hydroxylation is 1. The predicted molar refractivity (Wildman–Crippen MR) is 68.1 cm³/mol. The van der Waals surface area contributed by atoms with Crippen molar-refractivity contribution >= 4 is 15.9 Å². The average molecular weight is 287 g/mol. The molecule has 0 bridgehead atoms. The molecule has 2 unspecified atom stereocenters. The summed E-state index contributed by atoms with van der Waals surface area (Å²) in [6, 6.07) is -1.00. The van der Waals surface area contributed by atoms with Gasteiger partial charge in [0.15, 0.2) is 15.7 Å². The van der Waals surface area contributed by atoms with Crippen molar-refractivity contribution in [3.8, 4) is 0 Å². The van der Waals surface area contributed by atoms with E-state index < -0.39 is 15.9 Å². The number of urea groups is 1. The summed E-state index contributed by atoms with van der Waals surface area (Å²) in [7, 11) is -1.20. The molecule has 1 aromatic rings. The van der Waals surface area contributed by atoms with Crippen LogP contribution in [0.1, 0.15) is 25.2 Å². The number of rotatable bonds is 3. The summed E-state index contributed by atoms with van der Waals surface area (Å²) in [4.78, 5) is 11.8. The lowest BCUT2D eigenvalue weighted by molar-refractivity contribution is 0.234. The maximum atomic E-state index is 11.8. The van der Waals surface area contributed by atoms with Gasteiger partial charge in [-0.3, -0.25) is 0 Å². The molecule has 8 nitrogen and oxygen atoms in total. The Balaban J connectivity index is 1.87. The SMILES string of the molecule is CC(NC(=O)NC1CCS(=O)(=O)C1)c1nncn1C. The molecule has 1 aromatic heterocycles. The molecule has 106 valence electrons. The minimum absolute atomic E-state index is 0.0127. The highest BCUT2D eigenvalue weighted by atomic mass is 32.2. The number of carbonyl (C=O) groups excluding carboxylic acids is 1. The van der Waals surface area contributed by atoms with Gasteiger partial charge in [0.05, 0.1) is 17.5 Å². The van der Waals surface area contributed by atoms with Crippen molar-refractivity contribution in [3.63, 3.8) is 0 Å². The van der Waals surface area contributed by atoms with E-state index in [9.17, 15) is 13.2 Å². The molecule has 2 amide bonds. The lowest BCUT2D eigenvalue weighted by Gasteiger charge is -2.16. The molecule has 2 N–H and O–H groups in total. The smallest absolute Gasteiger partial charge is 0.315 e.